The molecule has 4 heterocycles. The SMILES string of the molecule is N#Cc1cncc(-c2cccc(-c3cc4ccc5cc(-c6cccc(-c7cncc(C#N)c7)n6)cc6ccc(c3)c4c56)n2)c1. The van der Waals surface area contributed by atoms with Crippen molar-refractivity contribution in [3.05, 3.63) is 133 Å². The Morgan fingerprint density at radius 2 is 0.773 bits per heavy atom. The van der Waals surface area contributed by atoms with Gasteiger partial charge in [-0.2, -0.15) is 10.5 Å². The zero-order chi connectivity index (χ0) is 29.6. The lowest BCUT2D eigenvalue weighted by Crippen LogP contribution is -1.92. The van der Waals surface area contributed by atoms with Crippen LogP contribution < -0.4 is 0 Å². The van der Waals surface area contributed by atoms with Crippen molar-refractivity contribution >= 4 is 32.3 Å². The maximum absolute atomic E-state index is 9.29. The Labute approximate surface area is 252 Å². The summed E-state index contributed by atoms with van der Waals surface area (Å²) in [4.78, 5) is 18.3. The molecule has 0 aliphatic rings. The summed E-state index contributed by atoms with van der Waals surface area (Å²) in [7, 11) is 0. The van der Waals surface area contributed by atoms with E-state index in [0.29, 0.717) is 11.1 Å². The Balaban J connectivity index is 1.21. The van der Waals surface area contributed by atoms with Gasteiger partial charge in [0, 0.05) is 47.0 Å². The second-order valence-corrected chi connectivity index (χ2v) is 10.7. The van der Waals surface area contributed by atoms with Crippen LogP contribution in [-0.2, 0) is 0 Å². The van der Waals surface area contributed by atoms with Gasteiger partial charge < -0.3 is 0 Å². The molecular formula is C38H20N6. The van der Waals surface area contributed by atoms with Gasteiger partial charge in [-0.1, -0.05) is 36.4 Å². The Morgan fingerprint density at radius 1 is 0.409 bits per heavy atom. The molecular weight excluding hydrogens is 540 g/mol. The van der Waals surface area contributed by atoms with Crippen LogP contribution in [0, 0.1) is 22.7 Å². The first kappa shape index (κ1) is 25.2. The molecule has 202 valence electrons. The summed E-state index contributed by atoms with van der Waals surface area (Å²) in [5, 5.41) is 25.6. The number of hydrogen-bond donors (Lipinski definition) is 0. The van der Waals surface area contributed by atoms with Crippen LogP contribution in [0.2, 0.25) is 0 Å². The number of hydrogen-bond acceptors (Lipinski definition) is 6. The minimum atomic E-state index is 0.506. The molecule has 0 fully saturated rings. The molecule has 4 aromatic carbocycles. The number of aromatic nitrogens is 4. The van der Waals surface area contributed by atoms with E-state index >= 15 is 0 Å². The van der Waals surface area contributed by atoms with Crippen LogP contribution in [0.15, 0.2) is 122 Å². The number of nitriles is 2. The summed E-state index contributed by atoms with van der Waals surface area (Å²) < 4.78 is 0. The van der Waals surface area contributed by atoms with E-state index in [1.807, 2.05) is 48.5 Å². The monoisotopic (exact) mass is 560 g/mol. The molecule has 44 heavy (non-hydrogen) atoms. The Bertz CT molecular complexity index is 2240. The summed E-state index contributed by atoms with van der Waals surface area (Å²) in [6.07, 6.45) is 6.57. The van der Waals surface area contributed by atoms with E-state index in [1.165, 1.54) is 10.8 Å². The fourth-order valence-electron chi connectivity index (χ4n) is 5.93. The van der Waals surface area contributed by atoms with Crippen molar-refractivity contribution in [1.82, 2.24) is 19.9 Å². The van der Waals surface area contributed by atoms with Gasteiger partial charge in [-0.25, -0.2) is 9.97 Å². The summed E-state index contributed by atoms with van der Waals surface area (Å²) in [5.41, 5.74) is 7.96. The average Bonchev–Trinajstić information content (AvgIpc) is 3.10. The smallest absolute Gasteiger partial charge is 0.101 e. The van der Waals surface area contributed by atoms with Crippen LogP contribution in [0.3, 0.4) is 0 Å². The molecule has 8 rings (SSSR count). The lowest BCUT2D eigenvalue weighted by Gasteiger charge is -2.14. The van der Waals surface area contributed by atoms with E-state index in [0.717, 1.165) is 66.6 Å². The number of pyridine rings is 4. The molecule has 0 atom stereocenters. The second kappa shape index (κ2) is 10.1. The van der Waals surface area contributed by atoms with Gasteiger partial charge >= 0.3 is 0 Å². The Kier molecular flexibility index (Phi) is 5.79. The summed E-state index contributed by atoms with van der Waals surface area (Å²) in [6, 6.07) is 37.3. The van der Waals surface area contributed by atoms with E-state index in [9.17, 15) is 10.5 Å². The first-order valence-electron chi connectivity index (χ1n) is 14.1. The van der Waals surface area contributed by atoms with Gasteiger partial charge in [0.1, 0.15) is 12.1 Å². The molecule has 4 aromatic heterocycles. The lowest BCUT2D eigenvalue weighted by atomic mass is 9.90. The van der Waals surface area contributed by atoms with Crippen molar-refractivity contribution in [1.29, 1.82) is 10.5 Å². The Morgan fingerprint density at radius 3 is 1.14 bits per heavy atom. The molecule has 0 unspecified atom stereocenters. The van der Waals surface area contributed by atoms with Gasteiger partial charge in [0.2, 0.25) is 0 Å². The molecule has 0 N–H and O–H groups in total. The summed E-state index contributed by atoms with van der Waals surface area (Å²) in [6.45, 7) is 0. The van der Waals surface area contributed by atoms with Gasteiger partial charge in [0.05, 0.1) is 33.9 Å². The maximum atomic E-state index is 9.29. The highest BCUT2D eigenvalue weighted by Crippen LogP contribution is 2.39. The topological polar surface area (TPSA) is 99.1 Å². The zero-order valence-electron chi connectivity index (χ0n) is 23.2. The van der Waals surface area contributed by atoms with Gasteiger partial charge in [0.15, 0.2) is 0 Å². The van der Waals surface area contributed by atoms with E-state index in [4.69, 9.17) is 9.97 Å². The summed E-state index contributed by atoms with van der Waals surface area (Å²) in [5.74, 6) is 0. The number of nitrogens with zero attached hydrogens (tertiary/aromatic N) is 6. The average molecular weight is 561 g/mol. The third kappa shape index (κ3) is 4.27. The number of benzene rings is 4. The molecule has 0 saturated heterocycles. The van der Waals surface area contributed by atoms with Gasteiger partial charge in [-0.3, -0.25) is 9.97 Å². The standard InChI is InChI=1S/C38H20N6/c39-17-23-11-31(21-41-19-23)35-5-1-3-33(43-35)29-13-25-7-9-27-15-30(16-28-10-8-26(14-29)37(25)38(27)28)34-4-2-6-36(44-34)32-12-24(18-40)20-42-22-32/h1-16,19-22H. The molecule has 0 bridgehead atoms. The first-order chi connectivity index (χ1) is 21.7. The highest BCUT2D eigenvalue weighted by Gasteiger charge is 2.14. The maximum Gasteiger partial charge on any atom is 0.101 e. The van der Waals surface area contributed by atoms with Crippen LogP contribution >= 0.6 is 0 Å². The van der Waals surface area contributed by atoms with Crippen molar-refractivity contribution in [3.8, 4) is 57.2 Å². The lowest BCUT2D eigenvalue weighted by molar-refractivity contribution is 1.26. The molecule has 6 heteroatoms. The first-order valence-corrected chi connectivity index (χ1v) is 14.1. The molecule has 0 saturated carbocycles. The predicted molar refractivity (Wildman–Crippen MR) is 172 cm³/mol. The highest BCUT2D eigenvalue weighted by atomic mass is 14.7. The number of rotatable bonds is 4. The van der Waals surface area contributed by atoms with E-state index in [1.54, 1.807) is 24.8 Å². The summed E-state index contributed by atoms with van der Waals surface area (Å²) >= 11 is 0. The zero-order valence-corrected chi connectivity index (χ0v) is 23.2. The van der Waals surface area contributed by atoms with Crippen molar-refractivity contribution in [2.45, 2.75) is 0 Å². The van der Waals surface area contributed by atoms with Crippen LogP contribution in [0.5, 0.6) is 0 Å². The van der Waals surface area contributed by atoms with Gasteiger partial charge in [0.25, 0.3) is 0 Å². The molecule has 8 aromatic rings. The minimum absolute atomic E-state index is 0.506. The van der Waals surface area contributed by atoms with E-state index in [-0.39, 0.29) is 0 Å². The normalized spacial score (nSPS) is 11.1. The third-order valence-electron chi connectivity index (χ3n) is 7.95. The molecule has 0 aliphatic carbocycles. The fourth-order valence-corrected chi connectivity index (χ4v) is 5.93. The molecule has 0 amide bonds. The van der Waals surface area contributed by atoms with Crippen molar-refractivity contribution in [2.75, 3.05) is 0 Å². The fraction of sp³-hybridized carbons (Fsp3) is 0. The third-order valence-corrected chi connectivity index (χ3v) is 7.95. The molecule has 6 nitrogen and oxygen atoms in total. The van der Waals surface area contributed by atoms with Gasteiger partial charge in [-0.15, -0.1) is 0 Å². The highest BCUT2D eigenvalue weighted by molar-refractivity contribution is 6.24. The largest absolute Gasteiger partial charge is 0.263 e. The minimum Gasteiger partial charge on any atom is -0.263 e. The Hall–Kier alpha value is -6.50. The van der Waals surface area contributed by atoms with Crippen molar-refractivity contribution < 1.29 is 0 Å². The van der Waals surface area contributed by atoms with Crippen molar-refractivity contribution in [3.63, 3.8) is 0 Å². The predicted octanol–water partition coefficient (Wildman–Crippen LogP) is 8.58. The van der Waals surface area contributed by atoms with Crippen molar-refractivity contribution in [2.24, 2.45) is 0 Å². The van der Waals surface area contributed by atoms with E-state index in [2.05, 4.69) is 70.6 Å². The molecule has 0 radical (unpaired) electrons. The molecule has 0 aliphatic heterocycles. The van der Waals surface area contributed by atoms with Crippen LogP contribution in [0.25, 0.3) is 77.3 Å². The van der Waals surface area contributed by atoms with Gasteiger partial charge in [-0.05, 0) is 93.0 Å². The quantitative estimate of drug-likeness (QED) is 0.200. The molecule has 0 spiro atoms. The van der Waals surface area contributed by atoms with Crippen LogP contribution in [-0.4, -0.2) is 19.9 Å². The van der Waals surface area contributed by atoms with E-state index < -0.39 is 0 Å². The second-order valence-electron chi connectivity index (χ2n) is 10.7. The van der Waals surface area contributed by atoms with Crippen LogP contribution in [0.4, 0.5) is 0 Å². The van der Waals surface area contributed by atoms with Crippen LogP contribution in [0.1, 0.15) is 11.1 Å².